The Balaban J connectivity index is 2.08. The number of nitrogens with zero attached hydrogens (tertiary/aromatic N) is 2. The molecule has 0 bridgehead atoms. The Bertz CT molecular complexity index is 616. The van der Waals surface area contributed by atoms with Crippen molar-refractivity contribution in [2.24, 2.45) is 0 Å². The van der Waals surface area contributed by atoms with Crippen LogP contribution in [0.4, 0.5) is 11.4 Å². The zero-order chi connectivity index (χ0) is 16.4. The average Bonchev–Trinajstić information content (AvgIpc) is 2.51. The summed E-state index contributed by atoms with van der Waals surface area (Å²) in [6.07, 6.45) is 3.83. The van der Waals surface area contributed by atoms with Gasteiger partial charge in [-0.25, -0.2) is 0 Å². The van der Waals surface area contributed by atoms with Gasteiger partial charge < -0.3 is 4.90 Å². The predicted octanol–water partition coefficient (Wildman–Crippen LogP) is 3.96. The van der Waals surface area contributed by atoms with Gasteiger partial charge in [-0.2, -0.15) is 0 Å². The highest BCUT2D eigenvalue weighted by molar-refractivity contribution is 7.99. The topological polar surface area (TPSA) is 40.2 Å². The third kappa shape index (κ3) is 3.52. The number of aromatic nitrogens is 1. The fraction of sp³-hybridized carbons (Fsp3) is 0.389. The maximum atomic E-state index is 4.35. The molecule has 0 unspecified atom stereocenters. The van der Waals surface area contributed by atoms with Crippen molar-refractivity contribution >= 4 is 23.1 Å². The molecule has 0 aliphatic carbocycles. The molecular weight excluding hydrogens is 304 g/mol. The van der Waals surface area contributed by atoms with E-state index in [1.165, 1.54) is 15.5 Å². The van der Waals surface area contributed by atoms with E-state index in [0.29, 0.717) is 12.1 Å². The number of pyridine rings is 1. The first-order chi connectivity index (χ1) is 11.1. The van der Waals surface area contributed by atoms with Gasteiger partial charge in [0.2, 0.25) is 0 Å². The number of nitrogens with one attached hydrogen (secondary N) is 2. The van der Waals surface area contributed by atoms with Crippen molar-refractivity contribution in [3.8, 4) is 0 Å². The number of rotatable bonds is 5. The van der Waals surface area contributed by atoms with Crippen LogP contribution in [0.25, 0.3) is 0 Å². The molecule has 0 saturated carbocycles. The monoisotopic (exact) mass is 328 g/mol. The van der Waals surface area contributed by atoms with Crippen molar-refractivity contribution in [3.63, 3.8) is 0 Å². The molecule has 1 aliphatic rings. The first-order valence-electron chi connectivity index (χ1n) is 8.08. The summed E-state index contributed by atoms with van der Waals surface area (Å²) in [5, 5.41) is 7.28. The minimum absolute atomic E-state index is 0.0139. The molecule has 0 amide bonds. The normalized spacial score (nSPS) is 13.6. The van der Waals surface area contributed by atoms with Crippen molar-refractivity contribution in [1.82, 2.24) is 15.6 Å². The maximum absolute atomic E-state index is 4.35. The Morgan fingerprint density at radius 1 is 0.913 bits per heavy atom. The van der Waals surface area contributed by atoms with Gasteiger partial charge in [0.25, 0.3) is 0 Å². The van der Waals surface area contributed by atoms with Crippen LogP contribution < -0.4 is 15.5 Å². The Labute approximate surface area is 142 Å². The van der Waals surface area contributed by atoms with E-state index >= 15 is 0 Å². The predicted molar refractivity (Wildman–Crippen MR) is 97.3 cm³/mol. The van der Waals surface area contributed by atoms with Gasteiger partial charge in [-0.15, -0.1) is 0 Å². The summed E-state index contributed by atoms with van der Waals surface area (Å²) in [6.45, 7) is 8.68. The van der Waals surface area contributed by atoms with Crippen LogP contribution in [-0.2, 0) is 0 Å². The Morgan fingerprint density at radius 3 is 2.26 bits per heavy atom. The van der Waals surface area contributed by atoms with Crippen molar-refractivity contribution in [3.05, 3.63) is 42.7 Å². The van der Waals surface area contributed by atoms with Crippen LogP contribution in [-0.4, -0.2) is 23.4 Å². The van der Waals surface area contributed by atoms with E-state index in [1.54, 1.807) is 11.8 Å². The van der Waals surface area contributed by atoms with E-state index in [2.05, 4.69) is 78.5 Å². The second kappa shape index (κ2) is 6.91. The lowest BCUT2D eigenvalue weighted by molar-refractivity contribution is 0.368. The highest BCUT2D eigenvalue weighted by atomic mass is 32.2. The minimum atomic E-state index is 0.0139. The van der Waals surface area contributed by atoms with Gasteiger partial charge in [-0.3, -0.25) is 15.6 Å². The standard InChI is InChI=1S/C18H24N4S/c1-12(2)20-18(21-13(3)4)22-14-7-5-6-8-16(14)23-17-9-10-19-11-15(17)22/h5-13,18,20-21H,1-4H3. The van der Waals surface area contributed by atoms with E-state index in [1.807, 2.05) is 12.4 Å². The van der Waals surface area contributed by atoms with E-state index < -0.39 is 0 Å². The van der Waals surface area contributed by atoms with E-state index in [-0.39, 0.29) is 6.29 Å². The van der Waals surface area contributed by atoms with Crippen LogP contribution in [0.5, 0.6) is 0 Å². The molecule has 4 nitrogen and oxygen atoms in total. The zero-order valence-corrected chi connectivity index (χ0v) is 14.9. The second-order valence-corrected chi connectivity index (χ2v) is 7.41. The highest BCUT2D eigenvalue weighted by Gasteiger charge is 2.29. The number of anilines is 2. The summed E-state index contributed by atoms with van der Waals surface area (Å²) >= 11 is 1.80. The van der Waals surface area contributed by atoms with E-state index in [4.69, 9.17) is 0 Å². The lowest BCUT2D eigenvalue weighted by Gasteiger charge is -2.40. The molecule has 1 aliphatic heterocycles. The van der Waals surface area contributed by atoms with Gasteiger partial charge in [0, 0.05) is 28.1 Å². The lowest BCUT2D eigenvalue weighted by Crippen LogP contribution is -2.57. The summed E-state index contributed by atoms with van der Waals surface area (Å²) in [5.41, 5.74) is 2.35. The molecule has 0 radical (unpaired) electrons. The smallest absolute Gasteiger partial charge is 0.139 e. The Hall–Kier alpha value is -1.56. The van der Waals surface area contributed by atoms with Crippen molar-refractivity contribution in [2.45, 2.75) is 55.9 Å². The van der Waals surface area contributed by atoms with Gasteiger partial charge in [-0.05, 0) is 45.9 Å². The summed E-state index contributed by atoms with van der Waals surface area (Å²) < 4.78 is 0. The molecule has 122 valence electrons. The first-order valence-corrected chi connectivity index (χ1v) is 8.90. The molecule has 2 N–H and O–H groups in total. The molecule has 0 atom stereocenters. The van der Waals surface area contributed by atoms with Crippen LogP contribution >= 0.6 is 11.8 Å². The quantitative estimate of drug-likeness (QED) is 0.813. The van der Waals surface area contributed by atoms with Crippen LogP contribution in [0.1, 0.15) is 27.7 Å². The SMILES string of the molecule is CC(C)NC(NC(C)C)N1c2ccccc2Sc2ccncc21. The number of hydrogen-bond donors (Lipinski definition) is 2. The summed E-state index contributed by atoms with van der Waals surface area (Å²) in [7, 11) is 0. The molecule has 3 rings (SSSR count). The largest absolute Gasteiger partial charge is 0.309 e. The van der Waals surface area contributed by atoms with Crippen molar-refractivity contribution in [2.75, 3.05) is 4.90 Å². The first kappa shape index (κ1) is 16.3. The van der Waals surface area contributed by atoms with Gasteiger partial charge in [0.15, 0.2) is 0 Å². The van der Waals surface area contributed by atoms with Gasteiger partial charge in [0.05, 0.1) is 17.6 Å². The molecule has 1 aromatic heterocycles. The Morgan fingerprint density at radius 2 is 1.57 bits per heavy atom. The molecule has 0 saturated heterocycles. The summed E-state index contributed by atoms with van der Waals surface area (Å²) in [6, 6.07) is 11.4. The van der Waals surface area contributed by atoms with Crippen LogP contribution in [0.2, 0.25) is 0 Å². The molecular formula is C18H24N4S. The van der Waals surface area contributed by atoms with Gasteiger partial charge in [-0.1, -0.05) is 23.9 Å². The molecule has 2 heterocycles. The molecule has 2 aromatic rings. The van der Waals surface area contributed by atoms with Crippen molar-refractivity contribution < 1.29 is 0 Å². The van der Waals surface area contributed by atoms with E-state index in [9.17, 15) is 0 Å². The maximum Gasteiger partial charge on any atom is 0.139 e. The van der Waals surface area contributed by atoms with Crippen molar-refractivity contribution in [1.29, 1.82) is 0 Å². The second-order valence-electron chi connectivity index (χ2n) is 6.33. The summed E-state index contributed by atoms with van der Waals surface area (Å²) in [4.78, 5) is 9.19. The lowest BCUT2D eigenvalue weighted by atomic mass is 10.2. The number of hydrogen-bond acceptors (Lipinski definition) is 5. The molecule has 23 heavy (non-hydrogen) atoms. The molecule has 0 fully saturated rings. The number of para-hydroxylation sites is 1. The van der Waals surface area contributed by atoms with Gasteiger partial charge >= 0.3 is 0 Å². The third-order valence-electron chi connectivity index (χ3n) is 3.61. The van der Waals surface area contributed by atoms with Gasteiger partial charge in [0.1, 0.15) is 6.29 Å². The average molecular weight is 328 g/mol. The highest BCUT2D eigenvalue weighted by Crippen LogP contribution is 2.47. The Kier molecular flexibility index (Phi) is 4.90. The molecule has 5 heteroatoms. The van der Waals surface area contributed by atoms with E-state index in [0.717, 1.165) is 5.69 Å². The fourth-order valence-electron chi connectivity index (χ4n) is 2.74. The third-order valence-corrected chi connectivity index (χ3v) is 4.74. The fourth-order valence-corrected chi connectivity index (χ4v) is 3.78. The zero-order valence-electron chi connectivity index (χ0n) is 14.1. The number of benzene rings is 1. The van der Waals surface area contributed by atoms with Crippen LogP contribution in [0.15, 0.2) is 52.5 Å². The summed E-state index contributed by atoms with van der Waals surface area (Å²) in [5.74, 6) is 0. The van der Waals surface area contributed by atoms with Crippen LogP contribution in [0.3, 0.4) is 0 Å². The minimum Gasteiger partial charge on any atom is -0.309 e. The number of fused-ring (bicyclic) bond motifs is 2. The van der Waals surface area contributed by atoms with Crippen LogP contribution in [0, 0.1) is 0 Å². The molecule has 0 spiro atoms. The molecule has 1 aromatic carbocycles.